The molecule has 1 aliphatic heterocycles. The van der Waals surface area contributed by atoms with E-state index in [1.807, 2.05) is 6.07 Å². The molecule has 3 rings (SSSR count). The van der Waals surface area contributed by atoms with Crippen LogP contribution in [0.5, 0.6) is 0 Å². The highest BCUT2D eigenvalue weighted by molar-refractivity contribution is 5.79. The van der Waals surface area contributed by atoms with Crippen LogP contribution in [-0.2, 0) is 10.3 Å². The van der Waals surface area contributed by atoms with Gasteiger partial charge in [-0.3, -0.25) is 9.69 Å². The Morgan fingerprint density at radius 1 is 1.17 bits per heavy atom. The van der Waals surface area contributed by atoms with Crippen molar-refractivity contribution < 1.29 is 9.18 Å². The molecule has 0 radical (unpaired) electrons. The molecule has 2 aliphatic rings. The lowest BCUT2D eigenvalue weighted by molar-refractivity contribution is -0.124. The van der Waals surface area contributed by atoms with Gasteiger partial charge in [0.25, 0.3) is 0 Å². The Balaban J connectivity index is 1.96. The summed E-state index contributed by atoms with van der Waals surface area (Å²) in [6.45, 7) is 2.15. The number of likely N-dealkylation sites (tertiary alicyclic amines) is 1. The van der Waals surface area contributed by atoms with E-state index in [0.717, 1.165) is 31.5 Å². The number of halogens is 1. The van der Waals surface area contributed by atoms with Crippen molar-refractivity contribution in [2.45, 2.75) is 37.6 Å². The second kappa shape index (κ2) is 4.47. The zero-order chi connectivity index (χ0) is 12.6. The fourth-order valence-electron chi connectivity index (χ4n) is 3.25. The van der Waals surface area contributed by atoms with Gasteiger partial charge in [0.15, 0.2) is 0 Å². The Morgan fingerprint density at radius 3 is 2.44 bits per heavy atom. The summed E-state index contributed by atoms with van der Waals surface area (Å²) in [5.74, 6) is 0.173. The normalized spacial score (nSPS) is 23.7. The smallest absolute Gasteiger partial charge is 0.133 e. The van der Waals surface area contributed by atoms with Gasteiger partial charge in [0.1, 0.15) is 11.6 Å². The first-order chi connectivity index (χ1) is 8.71. The second-order valence-electron chi connectivity index (χ2n) is 5.42. The van der Waals surface area contributed by atoms with Gasteiger partial charge < -0.3 is 0 Å². The Morgan fingerprint density at radius 2 is 1.89 bits per heavy atom. The van der Waals surface area contributed by atoms with Gasteiger partial charge in [0.05, 0.1) is 0 Å². The molecule has 2 nitrogen and oxygen atoms in total. The topological polar surface area (TPSA) is 20.3 Å². The van der Waals surface area contributed by atoms with Crippen LogP contribution in [0.1, 0.15) is 37.7 Å². The molecule has 0 spiro atoms. The molecule has 2 fully saturated rings. The molecule has 0 unspecified atom stereocenters. The highest BCUT2D eigenvalue weighted by Crippen LogP contribution is 2.43. The maximum Gasteiger partial charge on any atom is 0.133 e. The average molecular weight is 247 g/mol. The zero-order valence-electron chi connectivity index (χ0n) is 10.5. The van der Waals surface area contributed by atoms with E-state index in [0.29, 0.717) is 18.6 Å². The van der Waals surface area contributed by atoms with Crippen LogP contribution in [0, 0.1) is 5.82 Å². The van der Waals surface area contributed by atoms with Crippen molar-refractivity contribution in [1.29, 1.82) is 0 Å². The van der Waals surface area contributed by atoms with Gasteiger partial charge in [-0.2, -0.15) is 0 Å². The number of carbonyl (C=O) groups is 1. The molecule has 1 heterocycles. The molecule has 1 aromatic rings. The van der Waals surface area contributed by atoms with E-state index in [1.54, 1.807) is 12.1 Å². The number of hydrogen-bond donors (Lipinski definition) is 0. The first-order valence-electron chi connectivity index (χ1n) is 6.73. The molecule has 18 heavy (non-hydrogen) atoms. The minimum atomic E-state index is -0.177. The highest BCUT2D eigenvalue weighted by Gasteiger charge is 2.43. The van der Waals surface area contributed by atoms with Crippen LogP contribution in [0.15, 0.2) is 24.3 Å². The van der Waals surface area contributed by atoms with Crippen molar-refractivity contribution in [3.05, 3.63) is 35.6 Å². The lowest BCUT2D eigenvalue weighted by Crippen LogP contribution is -2.54. The molecule has 0 amide bonds. The van der Waals surface area contributed by atoms with E-state index in [9.17, 15) is 9.18 Å². The summed E-state index contributed by atoms with van der Waals surface area (Å²) in [5.41, 5.74) is 0.962. The van der Waals surface area contributed by atoms with E-state index in [1.165, 1.54) is 12.5 Å². The summed E-state index contributed by atoms with van der Waals surface area (Å²) in [4.78, 5) is 13.9. The highest BCUT2D eigenvalue weighted by atomic mass is 19.1. The first-order valence-corrected chi connectivity index (χ1v) is 6.73. The Bertz CT molecular complexity index is 457. The van der Waals surface area contributed by atoms with Crippen LogP contribution >= 0.6 is 0 Å². The van der Waals surface area contributed by atoms with Gasteiger partial charge in [-0.15, -0.1) is 0 Å². The second-order valence-corrected chi connectivity index (χ2v) is 5.42. The maximum absolute atomic E-state index is 13.5. The predicted molar refractivity (Wildman–Crippen MR) is 67.7 cm³/mol. The van der Waals surface area contributed by atoms with Crippen molar-refractivity contribution in [3.8, 4) is 0 Å². The van der Waals surface area contributed by atoms with Gasteiger partial charge in [-0.05, 0) is 37.0 Å². The van der Waals surface area contributed by atoms with Crippen molar-refractivity contribution in [1.82, 2.24) is 4.90 Å². The summed E-state index contributed by atoms with van der Waals surface area (Å²) in [6.07, 6.45) is 4.16. The van der Waals surface area contributed by atoms with Crippen molar-refractivity contribution in [2.75, 3.05) is 13.1 Å². The van der Waals surface area contributed by atoms with Crippen molar-refractivity contribution in [3.63, 3.8) is 0 Å². The lowest BCUT2D eigenvalue weighted by atomic mass is 9.73. The number of benzene rings is 1. The molecular formula is C15H18FNO. The summed E-state index contributed by atoms with van der Waals surface area (Å²) < 4.78 is 13.5. The van der Waals surface area contributed by atoms with E-state index in [4.69, 9.17) is 0 Å². The predicted octanol–water partition coefficient (Wildman–Crippen LogP) is 2.87. The van der Waals surface area contributed by atoms with Crippen molar-refractivity contribution >= 4 is 5.78 Å². The molecule has 0 N–H and O–H groups in total. The van der Waals surface area contributed by atoms with Crippen LogP contribution in [-0.4, -0.2) is 23.8 Å². The molecule has 1 saturated heterocycles. The minimum Gasteiger partial charge on any atom is -0.300 e. The fourth-order valence-corrected chi connectivity index (χ4v) is 3.25. The van der Waals surface area contributed by atoms with Gasteiger partial charge in [0, 0.05) is 31.5 Å². The maximum atomic E-state index is 13.5. The van der Waals surface area contributed by atoms with Crippen LogP contribution in [0.4, 0.5) is 4.39 Å². The fraction of sp³-hybridized carbons (Fsp3) is 0.533. The zero-order valence-corrected chi connectivity index (χ0v) is 10.5. The largest absolute Gasteiger partial charge is 0.300 e. The molecule has 0 bridgehead atoms. The van der Waals surface area contributed by atoms with Gasteiger partial charge in [0.2, 0.25) is 0 Å². The number of carbonyl (C=O) groups excluding carboxylic acids is 1. The summed E-state index contributed by atoms with van der Waals surface area (Å²) >= 11 is 0. The van der Waals surface area contributed by atoms with E-state index >= 15 is 0 Å². The number of rotatable bonds is 2. The monoisotopic (exact) mass is 247 g/mol. The first kappa shape index (κ1) is 11.8. The van der Waals surface area contributed by atoms with Gasteiger partial charge in [-0.25, -0.2) is 4.39 Å². The molecule has 3 heteroatoms. The van der Waals surface area contributed by atoms with Crippen LogP contribution in [0.3, 0.4) is 0 Å². The third kappa shape index (κ3) is 1.87. The molecule has 1 aliphatic carbocycles. The molecule has 96 valence electrons. The van der Waals surface area contributed by atoms with Crippen LogP contribution < -0.4 is 0 Å². The minimum absolute atomic E-state index is 0.0890. The number of hydrogen-bond acceptors (Lipinski definition) is 2. The molecule has 0 atom stereocenters. The number of Topliss-reactive ketones (excluding diaryl/α,β-unsaturated/α-hetero) is 1. The number of nitrogens with zero attached hydrogens (tertiary/aromatic N) is 1. The van der Waals surface area contributed by atoms with Crippen LogP contribution in [0.25, 0.3) is 0 Å². The van der Waals surface area contributed by atoms with Gasteiger partial charge in [-0.1, -0.05) is 12.1 Å². The average Bonchev–Trinajstić information content (AvgIpc) is 2.30. The third-order valence-electron chi connectivity index (χ3n) is 4.46. The summed E-state index contributed by atoms with van der Waals surface area (Å²) in [5, 5.41) is 0. The van der Waals surface area contributed by atoms with Gasteiger partial charge >= 0.3 is 0 Å². The third-order valence-corrected chi connectivity index (χ3v) is 4.46. The van der Waals surface area contributed by atoms with E-state index in [2.05, 4.69) is 4.90 Å². The molecule has 1 aromatic carbocycles. The Hall–Kier alpha value is -1.22. The number of ketones is 1. The lowest BCUT2D eigenvalue weighted by Gasteiger charge is -2.51. The SMILES string of the molecule is O=C1CCC(c2cccc(F)c2)(N2CCC2)CC1. The summed E-state index contributed by atoms with van der Waals surface area (Å²) in [6, 6.07) is 6.93. The Labute approximate surface area is 107 Å². The quantitative estimate of drug-likeness (QED) is 0.801. The van der Waals surface area contributed by atoms with E-state index in [-0.39, 0.29) is 11.4 Å². The Kier molecular flexibility index (Phi) is 2.94. The van der Waals surface area contributed by atoms with Crippen LogP contribution in [0.2, 0.25) is 0 Å². The molecule has 0 aromatic heterocycles. The molecule has 1 saturated carbocycles. The molecular weight excluding hydrogens is 229 g/mol. The van der Waals surface area contributed by atoms with Crippen molar-refractivity contribution in [2.24, 2.45) is 0 Å². The summed E-state index contributed by atoms with van der Waals surface area (Å²) in [7, 11) is 0. The van der Waals surface area contributed by atoms with E-state index < -0.39 is 0 Å². The standard InChI is InChI=1S/C15H18FNO/c16-13-4-1-3-12(11-13)15(17-9-2-10-17)7-5-14(18)6-8-15/h1,3-4,11H,2,5-10H2.